The Hall–Kier alpha value is -2.04. The van der Waals surface area contributed by atoms with E-state index >= 15 is 0 Å². The number of halogens is 1. The molecule has 0 aromatic heterocycles. The number of piperazine rings is 1. The highest BCUT2D eigenvalue weighted by Crippen LogP contribution is 2.16. The maximum Gasteiger partial charge on any atom is 0.260 e. The number of ether oxygens (including phenoxy) is 1. The Balaban J connectivity index is 1.42. The molecule has 0 unspecified atom stereocenters. The van der Waals surface area contributed by atoms with Gasteiger partial charge < -0.3 is 9.64 Å². The van der Waals surface area contributed by atoms with Crippen LogP contribution in [0.1, 0.15) is 18.1 Å². The van der Waals surface area contributed by atoms with Crippen LogP contribution in [0, 0.1) is 0 Å². The normalized spacial score (nSPS) is 15.1. The third kappa shape index (κ3) is 5.23. The van der Waals surface area contributed by atoms with Crippen molar-refractivity contribution < 1.29 is 9.53 Å². The molecule has 1 aliphatic rings. The zero-order valence-corrected chi connectivity index (χ0v) is 15.9. The fraction of sp³-hybridized carbons (Fsp3) is 0.381. The van der Waals surface area contributed by atoms with Crippen LogP contribution >= 0.6 is 11.6 Å². The van der Waals surface area contributed by atoms with E-state index in [4.69, 9.17) is 16.3 Å². The van der Waals surface area contributed by atoms with Crippen molar-refractivity contribution in [1.29, 1.82) is 0 Å². The number of hydrogen-bond donors (Lipinski definition) is 0. The zero-order valence-electron chi connectivity index (χ0n) is 15.2. The van der Waals surface area contributed by atoms with Gasteiger partial charge in [-0.15, -0.1) is 0 Å². The molecular formula is C21H25ClN2O2. The summed E-state index contributed by atoms with van der Waals surface area (Å²) in [5.41, 5.74) is 2.69. The lowest BCUT2D eigenvalue weighted by Gasteiger charge is -2.34. The number of aryl methyl sites for hydroxylation is 1. The van der Waals surface area contributed by atoms with Gasteiger partial charge in [-0.2, -0.15) is 0 Å². The second-order valence-corrected chi connectivity index (χ2v) is 7.01. The second-order valence-electron chi connectivity index (χ2n) is 6.57. The molecule has 0 bridgehead atoms. The van der Waals surface area contributed by atoms with Gasteiger partial charge in [0, 0.05) is 37.7 Å². The molecule has 2 aromatic carbocycles. The van der Waals surface area contributed by atoms with Crippen molar-refractivity contribution in [2.75, 3.05) is 32.8 Å². The number of rotatable bonds is 6. The van der Waals surface area contributed by atoms with E-state index in [1.165, 1.54) is 11.1 Å². The number of carbonyl (C=O) groups excluding carboxylic acids is 1. The maximum atomic E-state index is 12.3. The molecule has 4 nitrogen and oxygen atoms in total. The monoisotopic (exact) mass is 372 g/mol. The van der Waals surface area contributed by atoms with Crippen LogP contribution in [0.25, 0.3) is 0 Å². The minimum absolute atomic E-state index is 0.0342. The van der Waals surface area contributed by atoms with Crippen LogP contribution in [-0.2, 0) is 17.8 Å². The van der Waals surface area contributed by atoms with Gasteiger partial charge in [0.15, 0.2) is 6.61 Å². The Morgan fingerprint density at radius 1 is 0.962 bits per heavy atom. The Labute approximate surface area is 160 Å². The predicted octanol–water partition coefficient (Wildman–Crippen LogP) is 3.63. The van der Waals surface area contributed by atoms with Gasteiger partial charge in [-0.1, -0.05) is 42.8 Å². The number of carbonyl (C=O) groups is 1. The highest BCUT2D eigenvalue weighted by Gasteiger charge is 2.21. The number of amides is 1. The van der Waals surface area contributed by atoms with Crippen LogP contribution in [0.15, 0.2) is 48.5 Å². The van der Waals surface area contributed by atoms with Crippen LogP contribution in [0.4, 0.5) is 0 Å². The van der Waals surface area contributed by atoms with E-state index in [2.05, 4.69) is 36.1 Å². The van der Waals surface area contributed by atoms with Crippen LogP contribution in [-0.4, -0.2) is 48.5 Å². The van der Waals surface area contributed by atoms with E-state index < -0.39 is 0 Å². The average molecular weight is 373 g/mol. The fourth-order valence-electron chi connectivity index (χ4n) is 3.06. The Morgan fingerprint density at radius 2 is 1.58 bits per heavy atom. The molecule has 2 aromatic rings. The maximum absolute atomic E-state index is 12.3. The summed E-state index contributed by atoms with van der Waals surface area (Å²) >= 11 is 5.85. The second kappa shape index (κ2) is 9.06. The standard InChI is InChI=1S/C21H25ClN2O2/c1-2-17-3-5-18(6-4-17)15-23-11-13-24(14-12-23)21(25)16-26-20-9-7-19(22)8-10-20/h3-10H,2,11-16H2,1H3. The molecule has 0 aliphatic carbocycles. The van der Waals surface area contributed by atoms with Gasteiger partial charge in [0.2, 0.25) is 0 Å². The number of benzene rings is 2. The lowest BCUT2D eigenvalue weighted by molar-refractivity contribution is -0.135. The van der Waals surface area contributed by atoms with Crippen molar-refractivity contribution in [1.82, 2.24) is 9.80 Å². The largest absolute Gasteiger partial charge is 0.484 e. The van der Waals surface area contributed by atoms with E-state index in [1.54, 1.807) is 24.3 Å². The molecular weight excluding hydrogens is 348 g/mol. The Bertz CT molecular complexity index is 708. The van der Waals surface area contributed by atoms with Crippen molar-refractivity contribution in [3.05, 3.63) is 64.7 Å². The minimum atomic E-state index is 0.0342. The van der Waals surface area contributed by atoms with Crippen molar-refractivity contribution in [3.63, 3.8) is 0 Å². The summed E-state index contributed by atoms with van der Waals surface area (Å²) < 4.78 is 5.56. The fourth-order valence-corrected chi connectivity index (χ4v) is 3.19. The Kier molecular flexibility index (Phi) is 6.53. The molecule has 0 atom stereocenters. The lowest BCUT2D eigenvalue weighted by atomic mass is 10.1. The van der Waals surface area contributed by atoms with Crippen LogP contribution < -0.4 is 4.74 Å². The highest BCUT2D eigenvalue weighted by molar-refractivity contribution is 6.30. The summed E-state index contributed by atoms with van der Waals surface area (Å²) in [5.74, 6) is 0.698. The molecule has 1 aliphatic heterocycles. The van der Waals surface area contributed by atoms with Crippen molar-refractivity contribution >= 4 is 17.5 Å². The van der Waals surface area contributed by atoms with E-state index in [0.717, 1.165) is 39.1 Å². The molecule has 3 rings (SSSR count). The van der Waals surface area contributed by atoms with Crippen LogP contribution in [0.3, 0.4) is 0 Å². The van der Waals surface area contributed by atoms with E-state index in [0.29, 0.717) is 10.8 Å². The minimum Gasteiger partial charge on any atom is -0.484 e. The highest BCUT2D eigenvalue weighted by atomic mass is 35.5. The molecule has 0 radical (unpaired) electrons. The van der Waals surface area contributed by atoms with Gasteiger partial charge in [0.25, 0.3) is 5.91 Å². The summed E-state index contributed by atoms with van der Waals surface area (Å²) in [7, 11) is 0. The SMILES string of the molecule is CCc1ccc(CN2CCN(C(=O)COc3ccc(Cl)cc3)CC2)cc1. The summed E-state index contributed by atoms with van der Waals surface area (Å²) in [4.78, 5) is 16.6. The average Bonchev–Trinajstić information content (AvgIpc) is 2.68. The van der Waals surface area contributed by atoms with Gasteiger partial charge in [-0.3, -0.25) is 9.69 Å². The lowest BCUT2D eigenvalue weighted by Crippen LogP contribution is -2.49. The zero-order chi connectivity index (χ0) is 18.4. The first-order valence-corrected chi connectivity index (χ1v) is 9.48. The molecule has 138 valence electrons. The van der Waals surface area contributed by atoms with E-state index in [1.807, 2.05) is 4.90 Å². The van der Waals surface area contributed by atoms with Gasteiger partial charge in [-0.05, 0) is 41.8 Å². The summed E-state index contributed by atoms with van der Waals surface area (Å²) in [6.07, 6.45) is 1.07. The molecule has 0 spiro atoms. The van der Waals surface area contributed by atoms with E-state index in [-0.39, 0.29) is 12.5 Å². The predicted molar refractivity (Wildman–Crippen MR) is 105 cm³/mol. The molecule has 5 heteroatoms. The molecule has 1 heterocycles. The molecule has 1 amide bonds. The van der Waals surface area contributed by atoms with Crippen molar-refractivity contribution in [2.45, 2.75) is 19.9 Å². The first kappa shape index (κ1) is 18.7. The first-order valence-electron chi connectivity index (χ1n) is 9.10. The Morgan fingerprint density at radius 3 is 2.19 bits per heavy atom. The van der Waals surface area contributed by atoms with Gasteiger partial charge in [0.1, 0.15) is 5.75 Å². The van der Waals surface area contributed by atoms with Crippen LogP contribution in [0.2, 0.25) is 5.02 Å². The van der Waals surface area contributed by atoms with Gasteiger partial charge >= 0.3 is 0 Å². The van der Waals surface area contributed by atoms with E-state index in [9.17, 15) is 4.79 Å². The molecule has 0 N–H and O–H groups in total. The third-order valence-electron chi connectivity index (χ3n) is 4.74. The first-order chi connectivity index (χ1) is 12.6. The summed E-state index contributed by atoms with van der Waals surface area (Å²) in [6, 6.07) is 15.9. The van der Waals surface area contributed by atoms with Crippen molar-refractivity contribution in [2.24, 2.45) is 0 Å². The van der Waals surface area contributed by atoms with Gasteiger partial charge in [0.05, 0.1) is 0 Å². The van der Waals surface area contributed by atoms with Gasteiger partial charge in [-0.25, -0.2) is 0 Å². The van der Waals surface area contributed by atoms with Crippen LogP contribution in [0.5, 0.6) is 5.75 Å². The smallest absolute Gasteiger partial charge is 0.260 e. The quantitative estimate of drug-likeness (QED) is 0.776. The summed E-state index contributed by atoms with van der Waals surface area (Å²) in [5, 5.41) is 0.657. The molecule has 26 heavy (non-hydrogen) atoms. The molecule has 0 saturated carbocycles. The molecule has 1 saturated heterocycles. The summed E-state index contributed by atoms with van der Waals surface area (Å²) in [6.45, 7) is 6.45. The van der Waals surface area contributed by atoms with Crippen molar-refractivity contribution in [3.8, 4) is 5.75 Å². The number of hydrogen-bond acceptors (Lipinski definition) is 3. The topological polar surface area (TPSA) is 32.8 Å². The third-order valence-corrected chi connectivity index (χ3v) is 4.99. The number of nitrogens with zero attached hydrogens (tertiary/aromatic N) is 2. The molecule has 1 fully saturated rings.